The van der Waals surface area contributed by atoms with E-state index in [9.17, 15) is 4.79 Å². The molecule has 0 radical (unpaired) electrons. The molecule has 0 bridgehead atoms. The second-order valence-corrected chi connectivity index (χ2v) is 7.58. The number of amides is 1. The minimum absolute atomic E-state index is 0.0754. The molecule has 3 rings (SSSR count). The predicted molar refractivity (Wildman–Crippen MR) is 112 cm³/mol. The molecule has 0 saturated carbocycles. The Bertz CT molecular complexity index is 813. The van der Waals surface area contributed by atoms with E-state index < -0.39 is 6.10 Å². The van der Waals surface area contributed by atoms with Crippen LogP contribution in [-0.4, -0.2) is 17.6 Å². The zero-order valence-electron chi connectivity index (χ0n) is 17.3. The molecule has 1 amide bonds. The maximum atomic E-state index is 13.1. The molecule has 0 saturated heterocycles. The molecule has 0 unspecified atom stereocenters. The van der Waals surface area contributed by atoms with E-state index in [-0.39, 0.29) is 17.6 Å². The average molecular weight is 382 g/mol. The van der Waals surface area contributed by atoms with E-state index in [1.807, 2.05) is 62.4 Å². The van der Waals surface area contributed by atoms with Gasteiger partial charge >= 0.3 is 0 Å². The SMILES string of the molecule is CC[C@H](Oc1ccccc1C)C(=O)N[C@@H]1CC(CC)(CC)Oc2ccccc21. The van der Waals surface area contributed by atoms with Crippen LogP contribution in [0.15, 0.2) is 48.5 Å². The van der Waals surface area contributed by atoms with Crippen LogP contribution in [0.5, 0.6) is 11.5 Å². The molecule has 1 aliphatic heterocycles. The summed E-state index contributed by atoms with van der Waals surface area (Å²) in [7, 11) is 0. The molecule has 2 aromatic carbocycles. The summed E-state index contributed by atoms with van der Waals surface area (Å²) in [5.74, 6) is 1.55. The van der Waals surface area contributed by atoms with Crippen LogP contribution in [0.25, 0.3) is 0 Å². The molecule has 0 spiro atoms. The third-order valence-corrected chi connectivity index (χ3v) is 5.83. The van der Waals surface area contributed by atoms with Gasteiger partial charge in [0.15, 0.2) is 6.10 Å². The van der Waals surface area contributed by atoms with E-state index in [1.165, 1.54) is 0 Å². The molecule has 28 heavy (non-hydrogen) atoms. The lowest BCUT2D eigenvalue weighted by molar-refractivity contribution is -0.129. The molecular formula is C24H31NO3. The van der Waals surface area contributed by atoms with Crippen molar-refractivity contribution < 1.29 is 14.3 Å². The Labute approximate surface area is 168 Å². The van der Waals surface area contributed by atoms with E-state index >= 15 is 0 Å². The Balaban J connectivity index is 1.80. The van der Waals surface area contributed by atoms with Gasteiger partial charge in [0, 0.05) is 12.0 Å². The number of hydrogen-bond acceptors (Lipinski definition) is 3. The summed E-state index contributed by atoms with van der Waals surface area (Å²) in [5, 5.41) is 3.25. The van der Waals surface area contributed by atoms with Gasteiger partial charge in [0.2, 0.25) is 0 Å². The lowest BCUT2D eigenvalue weighted by atomic mass is 9.83. The minimum atomic E-state index is -0.520. The van der Waals surface area contributed by atoms with Gasteiger partial charge in [-0.05, 0) is 43.9 Å². The highest BCUT2D eigenvalue weighted by molar-refractivity contribution is 5.81. The van der Waals surface area contributed by atoms with Gasteiger partial charge in [-0.15, -0.1) is 0 Å². The van der Waals surface area contributed by atoms with Crippen molar-refractivity contribution in [2.24, 2.45) is 0 Å². The molecular weight excluding hydrogens is 350 g/mol. The summed E-state index contributed by atoms with van der Waals surface area (Å²) in [6.07, 6.45) is 2.66. The van der Waals surface area contributed by atoms with Gasteiger partial charge in [0.25, 0.3) is 5.91 Å². The van der Waals surface area contributed by atoms with Crippen LogP contribution in [-0.2, 0) is 4.79 Å². The third-order valence-electron chi connectivity index (χ3n) is 5.83. The molecule has 1 heterocycles. The van der Waals surface area contributed by atoms with Gasteiger partial charge in [0.05, 0.1) is 6.04 Å². The minimum Gasteiger partial charge on any atom is -0.487 e. The van der Waals surface area contributed by atoms with Crippen LogP contribution in [0.4, 0.5) is 0 Å². The maximum Gasteiger partial charge on any atom is 0.261 e. The van der Waals surface area contributed by atoms with E-state index in [1.54, 1.807) is 0 Å². The first kappa shape index (κ1) is 20.2. The first-order valence-electron chi connectivity index (χ1n) is 10.3. The van der Waals surface area contributed by atoms with Gasteiger partial charge in [-0.3, -0.25) is 4.79 Å². The number of nitrogens with one attached hydrogen (secondary N) is 1. The first-order chi connectivity index (χ1) is 13.5. The van der Waals surface area contributed by atoms with Crippen LogP contribution in [0.3, 0.4) is 0 Å². The summed E-state index contributed by atoms with van der Waals surface area (Å²) in [5.41, 5.74) is 1.82. The maximum absolute atomic E-state index is 13.1. The van der Waals surface area contributed by atoms with Crippen molar-refractivity contribution in [3.05, 3.63) is 59.7 Å². The molecule has 0 aromatic heterocycles. The first-order valence-corrected chi connectivity index (χ1v) is 10.3. The number of hydrogen-bond donors (Lipinski definition) is 1. The van der Waals surface area contributed by atoms with E-state index in [0.29, 0.717) is 6.42 Å². The predicted octanol–water partition coefficient (Wildman–Crippen LogP) is 5.35. The summed E-state index contributed by atoms with van der Waals surface area (Å²) in [6.45, 7) is 8.26. The summed E-state index contributed by atoms with van der Waals surface area (Å²) in [6, 6.07) is 15.7. The van der Waals surface area contributed by atoms with Crippen molar-refractivity contribution in [2.75, 3.05) is 0 Å². The lowest BCUT2D eigenvalue weighted by Gasteiger charge is -2.42. The molecule has 1 aliphatic rings. The fraction of sp³-hybridized carbons (Fsp3) is 0.458. The second-order valence-electron chi connectivity index (χ2n) is 7.58. The Hall–Kier alpha value is -2.49. The Morgan fingerprint density at radius 2 is 1.82 bits per heavy atom. The second kappa shape index (κ2) is 8.68. The molecule has 4 nitrogen and oxygen atoms in total. The highest BCUT2D eigenvalue weighted by Gasteiger charge is 2.39. The van der Waals surface area contributed by atoms with Gasteiger partial charge in [0.1, 0.15) is 17.1 Å². The van der Waals surface area contributed by atoms with Gasteiger partial charge in [-0.2, -0.15) is 0 Å². The fourth-order valence-electron chi connectivity index (χ4n) is 3.86. The summed E-state index contributed by atoms with van der Waals surface area (Å²) in [4.78, 5) is 13.1. The Morgan fingerprint density at radius 3 is 2.50 bits per heavy atom. The standard InChI is InChI=1S/C24H31NO3/c1-5-20(27-21-14-10-8-12-17(21)4)23(26)25-19-16-24(6-2,7-3)28-22-15-11-9-13-18(19)22/h8-15,19-20H,5-7,16H2,1-4H3,(H,25,26)/t19-,20+/m1/s1. The molecule has 2 aromatic rings. The number of benzene rings is 2. The number of fused-ring (bicyclic) bond motifs is 1. The van der Waals surface area contributed by atoms with Crippen LogP contribution in [0.1, 0.15) is 63.6 Å². The van der Waals surface area contributed by atoms with Crippen LogP contribution in [0, 0.1) is 6.92 Å². The number of carbonyl (C=O) groups excluding carboxylic acids is 1. The molecule has 4 heteroatoms. The van der Waals surface area contributed by atoms with Crippen LogP contribution < -0.4 is 14.8 Å². The van der Waals surface area contributed by atoms with Gasteiger partial charge in [-0.25, -0.2) is 0 Å². The van der Waals surface area contributed by atoms with E-state index in [0.717, 1.165) is 41.9 Å². The van der Waals surface area contributed by atoms with E-state index in [2.05, 4.69) is 19.2 Å². The summed E-state index contributed by atoms with van der Waals surface area (Å²) < 4.78 is 12.4. The number of aryl methyl sites for hydroxylation is 1. The lowest BCUT2D eigenvalue weighted by Crippen LogP contribution is -2.47. The van der Waals surface area contributed by atoms with Gasteiger partial charge in [-0.1, -0.05) is 57.2 Å². The zero-order valence-corrected chi connectivity index (χ0v) is 17.3. The zero-order chi connectivity index (χ0) is 20.1. The van der Waals surface area contributed by atoms with Crippen molar-refractivity contribution >= 4 is 5.91 Å². The third kappa shape index (κ3) is 4.16. The monoisotopic (exact) mass is 381 g/mol. The quantitative estimate of drug-likeness (QED) is 0.703. The van der Waals surface area contributed by atoms with E-state index in [4.69, 9.17) is 9.47 Å². The molecule has 0 aliphatic carbocycles. The normalized spacial score (nSPS) is 18.5. The largest absolute Gasteiger partial charge is 0.487 e. The van der Waals surface area contributed by atoms with Crippen LogP contribution >= 0.6 is 0 Å². The molecule has 0 fully saturated rings. The average Bonchev–Trinajstić information content (AvgIpc) is 2.72. The number of para-hydroxylation sites is 2. The van der Waals surface area contributed by atoms with Crippen molar-refractivity contribution in [1.29, 1.82) is 0 Å². The molecule has 2 atom stereocenters. The highest BCUT2D eigenvalue weighted by Crippen LogP contribution is 2.42. The highest BCUT2D eigenvalue weighted by atomic mass is 16.5. The molecule has 150 valence electrons. The van der Waals surface area contributed by atoms with Crippen LogP contribution in [0.2, 0.25) is 0 Å². The topological polar surface area (TPSA) is 47.6 Å². The van der Waals surface area contributed by atoms with Crippen molar-refractivity contribution in [3.8, 4) is 11.5 Å². The number of ether oxygens (including phenoxy) is 2. The smallest absolute Gasteiger partial charge is 0.261 e. The molecule has 1 N–H and O–H groups in total. The van der Waals surface area contributed by atoms with Gasteiger partial charge < -0.3 is 14.8 Å². The van der Waals surface area contributed by atoms with Crippen molar-refractivity contribution in [3.63, 3.8) is 0 Å². The Morgan fingerprint density at radius 1 is 1.14 bits per heavy atom. The van der Waals surface area contributed by atoms with Crippen molar-refractivity contribution in [2.45, 2.75) is 71.1 Å². The number of carbonyl (C=O) groups is 1. The number of rotatable bonds is 7. The fourth-order valence-corrected chi connectivity index (χ4v) is 3.86. The van der Waals surface area contributed by atoms with Crippen molar-refractivity contribution in [1.82, 2.24) is 5.32 Å². The summed E-state index contributed by atoms with van der Waals surface area (Å²) >= 11 is 0. The Kier molecular flexibility index (Phi) is 6.28.